The number of hydrogen-bond donors (Lipinski definition) is 4. The van der Waals surface area contributed by atoms with Gasteiger partial charge < -0.3 is 25.8 Å². The molecule has 4 N–H and O–H groups in total. The zero-order valence-corrected chi connectivity index (χ0v) is 16.0. The Morgan fingerprint density at radius 3 is 2.50 bits per heavy atom. The van der Waals surface area contributed by atoms with Crippen molar-refractivity contribution in [2.24, 2.45) is 10.9 Å². The summed E-state index contributed by atoms with van der Waals surface area (Å²) in [5.74, 6) is 1.25. The molecule has 0 aliphatic rings. The van der Waals surface area contributed by atoms with Crippen molar-refractivity contribution in [2.75, 3.05) is 39.4 Å². The fourth-order valence-electron chi connectivity index (χ4n) is 2.09. The molecule has 0 spiro atoms. The number of benzene rings is 1. The van der Waals surface area contributed by atoms with Gasteiger partial charge in [0.2, 0.25) is 0 Å². The predicted octanol–water partition coefficient (Wildman–Crippen LogP) is 1.74. The van der Waals surface area contributed by atoms with Gasteiger partial charge >= 0.3 is 0 Å². The van der Waals surface area contributed by atoms with Crippen molar-refractivity contribution in [3.63, 3.8) is 0 Å². The van der Waals surface area contributed by atoms with E-state index in [4.69, 9.17) is 4.74 Å². The Labute approximate surface area is 156 Å². The fraction of sp³-hybridized carbons (Fsp3) is 0.579. The minimum atomic E-state index is -0.170. The lowest BCUT2D eigenvalue weighted by Crippen LogP contribution is -2.41. The number of carbonyl (C=O) groups excluding carboxylic acids is 1. The van der Waals surface area contributed by atoms with Gasteiger partial charge in [-0.2, -0.15) is 0 Å². The van der Waals surface area contributed by atoms with Gasteiger partial charge in [-0.05, 0) is 43.5 Å². The van der Waals surface area contributed by atoms with Crippen LogP contribution >= 0.6 is 0 Å². The van der Waals surface area contributed by atoms with Crippen LogP contribution in [0.3, 0.4) is 0 Å². The van der Waals surface area contributed by atoms with Crippen LogP contribution in [0.25, 0.3) is 0 Å². The van der Waals surface area contributed by atoms with Gasteiger partial charge in [-0.3, -0.25) is 9.79 Å². The predicted molar refractivity (Wildman–Crippen MR) is 105 cm³/mol. The molecule has 0 heterocycles. The summed E-state index contributed by atoms with van der Waals surface area (Å²) in [5, 5.41) is 18.4. The number of phenols is 1. The summed E-state index contributed by atoms with van der Waals surface area (Å²) in [5.41, 5.74) is 0.518. The van der Waals surface area contributed by atoms with Crippen LogP contribution in [0, 0.1) is 5.92 Å². The van der Waals surface area contributed by atoms with Gasteiger partial charge in [0.05, 0.1) is 0 Å². The van der Waals surface area contributed by atoms with Crippen molar-refractivity contribution in [1.29, 1.82) is 0 Å². The second kappa shape index (κ2) is 13.0. The summed E-state index contributed by atoms with van der Waals surface area (Å²) >= 11 is 0. The number of guanidine groups is 1. The van der Waals surface area contributed by atoms with Gasteiger partial charge in [0.1, 0.15) is 5.75 Å². The molecule has 1 rings (SSSR count). The van der Waals surface area contributed by atoms with Crippen LogP contribution in [-0.4, -0.2) is 56.4 Å². The van der Waals surface area contributed by atoms with E-state index in [0.29, 0.717) is 37.7 Å². The third-order valence-electron chi connectivity index (χ3n) is 3.34. The molecule has 146 valence electrons. The summed E-state index contributed by atoms with van der Waals surface area (Å²) in [6.45, 7) is 10.3. The molecule has 7 nitrogen and oxygen atoms in total. The normalized spacial score (nSPS) is 11.5. The van der Waals surface area contributed by atoms with Crippen LogP contribution in [0.4, 0.5) is 0 Å². The number of aliphatic imine (C=N–C) groups is 1. The van der Waals surface area contributed by atoms with Gasteiger partial charge in [0.25, 0.3) is 5.91 Å². The Morgan fingerprint density at radius 2 is 1.85 bits per heavy atom. The molecule has 0 unspecified atom stereocenters. The van der Waals surface area contributed by atoms with Gasteiger partial charge in [0, 0.05) is 45.0 Å². The Bertz CT molecular complexity index is 544. The highest BCUT2D eigenvalue weighted by Gasteiger charge is 2.04. The molecule has 0 saturated carbocycles. The molecule has 0 radical (unpaired) electrons. The lowest BCUT2D eigenvalue weighted by atomic mass is 10.2. The smallest absolute Gasteiger partial charge is 0.251 e. The molecule has 0 fully saturated rings. The van der Waals surface area contributed by atoms with Crippen molar-refractivity contribution in [3.8, 4) is 5.75 Å². The fourth-order valence-corrected chi connectivity index (χ4v) is 2.09. The van der Waals surface area contributed by atoms with E-state index in [1.54, 1.807) is 12.1 Å². The standard InChI is InChI=1S/C19H32N4O3/c1-4-20-19(22-10-5-13-26-14-15(2)3)23-12-11-21-18(25)16-6-8-17(24)9-7-16/h6-9,15,24H,4-5,10-14H2,1-3H3,(H,21,25)(H2,20,22,23). The summed E-state index contributed by atoms with van der Waals surface area (Å²) in [6, 6.07) is 6.16. The molecule has 1 aromatic carbocycles. The number of phenolic OH excluding ortho intramolecular Hbond substituents is 1. The molecule has 0 bridgehead atoms. The van der Waals surface area contributed by atoms with E-state index >= 15 is 0 Å². The highest BCUT2D eigenvalue weighted by atomic mass is 16.5. The highest BCUT2D eigenvalue weighted by Crippen LogP contribution is 2.09. The van der Waals surface area contributed by atoms with Gasteiger partial charge in [0.15, 0.2) is 5.96 Å². The minimum absolute atomic E-state index is 0.143. The molecular weight excluding hydrogens is 332 g/mol. The number of ether oxygens (including phenoxy) is 1. The first-order valence-corrected chi connectivity index (χ1v) is 9.20. The van der Waals surface area contributed by atoms with Gasteiger partial charge in [-0.25, -0.2) is 0 Å². The van der Waals surface area contributed by atoms with Gasteiger partial charge in [-0.1, -0.05) is 13.8 Å². The average Bonchev–Trinajstić information content (AvgIpc) is 2.61. The highest BCUT2D eigenvalue weighted by molar-refractivity contribution is 5.94. The maximum Gasteiger partial charge on any atom is 0.251 e. The van der Waals surface area contributed by atoms with Crippen LogP contribution < -0.4 is 16.0 Å². The molecule has 0 aliphatic heterocycles. The second-order valence-electron chi connectivity index (χ2n) is 6.31. The largest absolute Gasteiger partial charge is 0.508 e. The summed E-state index contributed by atoms with van der Waals surface area (Å²) in [7, 11) is 0. The number of nitrogens with zero attached hydrogens (tertiary/aromatic N) is 1. The van der Waals surface area contributed by atoms with Crippen molar-refractivity contribution in [1.82, 2.24) is 16.0 Å². The molecule has 7 heteroatoms. The molecule has 0 aliphatic carbocycles. The van der Waals surface area contributed by atoms with E-state index < -0.39 is 0 Å². The summed E-state index contributed by atoms with van der Waals surface area (Å²) in [6.07, 6.45) is 0.876. The Kier molecular flexibility index (Phi) is 10.9. The quantitative estimate of drug-likeness (QED) is 0.273. The molecular formula is C19H32N4O3. The van der Waals surface area contributed by atoms with E-state index in [1.165, 1.54) is 12.1 Å². The first-order chi connectivity index (χ1) is 12.5. The molecule has 26 heavy (non-hydrogen) atoms. The maximum absolute atomic E-state index is 12.0. The monoisotopic (exact) mass is 364 g/mol. The lowest BCUT2D eigenvalue weighted by molar-refractivity contribution is 0.0954. The molecule has 0 atom stereocenters. The zero-order chi connectivity index (χ0) is 19.2. The number of carbonyl (C=O) groups is 1. The van der Waals surface area contributed by atoms with E-state index in [2.05, 4.69) is 34.8 Å². The van der Waals surface area contributed by atoms with E-state index in [0.717, 1.165) is 25.5 Å². The zero-order valence-electron chi connectivity index (χ0n) is 16.0. The second-order valence-corrected chi connectivity index (χ2v) is 6.31. The van der Waals surface area contributed by atoms with Crippen molar-refractivity contribution in [2.45, 2.75) is 27.2 Å². The van der Waals surface area contributed by atoms with Crippen LogP contribution in [0.15, 0.2) is 29.3 Å². The minimum Gasteiger partial charge on any atom is -0.508 e. The molecule has 1 amide bonds. The molecule has 0 saturated heterocycles. The van der Waals surface area contributed by atoms with Crippen LogP contribution in [0.1, 0.15) is 37.6 Å². The third-order valence-corrected chi connectivity index (χ3v) is 3.34. The van der Waals surface area contributed by atoms with Crippen LogP contribution in [0.2, 0.25) is 0 Å². The SMILES string of the molecule is CCNC(=NCCCOCC(C)C)NCCNC(=O)c1ccc(O)cc1. The van der Waals surface area contributed by atoms with E-state index in [9.17, 15) is 9.90 Å². The lowest BCUT2D eigenvalue weighted by Gasteiger charge is -2.12. The number of amides is 1. The maximum atomic E-state index is 12.0. The average molecular weight is 364 g/mol. The Hall–Kier alpha value is -2.28. The number of rotatable bonds is 11. The first-order valence-electron chi connectivity index (χ1n) is 9.20. The summed E-state index contributed by atoms with van der Waals surface area (Å²) in [4.78, 5) is 16.5. The van der Waals surface area contributed by atoms with Crippen LogP contribution in [-0.2, 0) is 4.74 Å². The number of nitrogens with one attached hydrogen (secondary N) is 3. The molecule has 0 aromatic heterocycles. The van der Waals surface area contributed by atoms with E-state index in [1.807, 2.05) is 6.92 Å². The van der Waals surface area contributed by atoms with Crippen molar-refractivity contribution in [3.05, 3.63) is 29.8 Å². The van der Waals surface area contributed by atoms with Crippen LogP contribution in [0.5, 0.6) is 5.75 Å². The summed E-state index contributed by atoms with van der Waals surface area (Å²) < 4.78 is 5.54. The first kappa shape index (κ1) is 21.8. The topological polar surface area (TPSA) is 95.0 Å². The van der Waals surface area contributed by atoms with Crippen molar-refractivity contribution >= 4 is 11.9 Å². The Morgan fingerprint density at radius 1 is 1.15 bits per heavy atom. The van der Waals surface area contributed by atoms with Gasteiger partial charge in [-0.15, -0.1) is 0 Å². The molecule has 1 aromatic rings. The van der Waals surface area contributed by atoms with E-state index in [-0.39, 0.29) is 11.7 Å². The van der Waals surface area contributed by atoms with Crippen molar-refractivity contribution < 1.29 is 14.6 Å². The number of aromatic hydroxyl groups is 1. The number of hydrogen-bond acceptors (Lipinski definition) is 4. The Balaban J connectivity index is 2.24. The third kappa shape index (κ3) is 9.88.